The molecule has 1 heterocycles. The maximum absolute atomic E-state index is 14.3. The van der Waals surface area contributed by atoms with E-state index in [0.29, 0.717) is 30.0 Å². The average Bonchev–Trinajstić information content (AvgIpc) is 2.77. The summed E-state index contributed by atoms with van der Waals surface area (Å²) < 4.78 is 43.8. The number of nitrogens with zero attached hydrogens (tertiary/aromatic N) is 1. The minimum atomic E-state index is -2.43. The van der Waals surface area contributed by atoms with Crippen molar-refractivity contribution in [2.24, 2.45) is 0 Å². The quantitative estimate of drug-likeness (QED) is 0.510. The van der Waals surface area contributed by atoms with Crippen LogP contribution in [0.15, 0.2) is 42.5 Å². The average molecular weight is 434 g/mol. The Morgan fingerprint density at radius 1 is 1.27 bits per heavy atom. The van der Waals surface area contributed by atoms with Crippen LogP contribution < -0.4 is 9.62 Å². The van der Waals surface area contributed by atoms with Crippen LogP contribution in [0, 0.1) is 5.82 Å². The van der Waals surface area contributed by atoms with Gasteiger partial charge in [-0.25, -0.2) is 9.18 Å². The summed E-state index contributed by atoms with van der Waals surface area (Å²) in [4.78, 5) is 11.5. The third-order valence-corrected chi connectivity index (χ3v) is 6.18. The monoisotopic (exact) mass is 433 g/mol. The fraction of sp³-hybridized carbons (Fsp3) is 0.409. The van der Waals surface area contributed by atoms with E-state index in [-0.39, 0.29) is 12.1 Å². The van der Waals surface area contributed by atoms with Crippen molar-refractivity contribution in [3.05, 3.63) is 65.0 Å². The van der Waals surface area contributed by atoms with Crippen molar-refractivity contribution in [3.8, 4) is 0 Å². The van der Waals surface area contributed by atoms with E-state index in [2.05, 4.69) is 10.1 Å². The highest BCUT2D eigenvalue weighted by molar-refractivity contribution is 7.80. The van der Waals surface area contributed by atoms with Crippen molar-refractivity contribution in [1.29, 1.82) is 0 Å². The van der Waals surface area contributed by atoms with Gasteiger partial charge in [0.1, 0.15) is 5.82 Å². The smallest absolute Gasteiger partial charge is 0.337 e. The van der Waals surface area contributed by atoms with Crippen molar-refractivity contribution in [3.63, 3.8) is 0 Å². The second kappa shape index (κ2) is 10.7. The van der Waals surface area contributed by atoms with Gasteiger partial charge in [-0.3, -0.25) is 4.21 Å². The van der Waals surface area contributed by atoms with E-state index < -0.39 is 23.1 Å². The summed E-state index contributed by atoms with van der Waals surface area (Å²) >= 11 is -2.43. The van der Waals surface area contributed by atoms with Crippen LogP contribution in [0.3, 0.4) is 0 Å². The molecule has 6 nitrogen and oxygen atoms in total. The Labute approximate surface area is 178 Å². The molecule has 0 spiro atoms. The number of carbonyl (C=O) groups excluding carboxylic acids is 1. The Balaban J connectivity index is 1.65. The number of aryl methyl sites for hydroxylation is 1. The number of benzene rings is 2. The number of rotatable bonds is 8. The largest absolute Gasteiger partial charge is 0.755 e. The first kappa shape index (κ1) is 22.4. The number of halogens is 1. The van der Waals surface area contributed by atoms with Crippen LogP contribution in [0.1, 0.15) is 46.7 Å². The molecule has 2 aromatic carbocycles. The van der Waals surface area contributed by atoms with Gasteiger partial charge >= 0.3 is 5.97 Å². The van der Waals surface area contributed by atoms with Gasteiger partial charge in [0.25, 0.3) is 0 Å². The predicted molar refractivity (Wildman–Crippen MR) is 114 cm³/mol. The molecule has 0 aromatic heterocycles. The van der Waals surface area contributed by atoms with Gasteiger partial charge in [0, 0.05) is 23.5 Å². The zero-order valence-electron chi connectivity index (χ0n) is 16.9. The van der Waals surface area contributed by atoms with Crippen LogP contribution in [0.25, 0.3) is 0 Å². The van der Waals surface area contributed by atoms with Gasteiger partial charge in [-0.05, 0) is 80.1 Å². The first-order valence-corrected chi connectivity index (χ1v) is 11.1. The molecule has 1 atom stereocenters. The summed E-state index contributed by atoms with van der Waals surface area (Å²) in [6.07, 6.45) is 2.87. The van der Waals surface area contributed by atoms with Crippen molar-refractivity contribution in [1.82, 2.24) is 5.32 Å². The summed E-state index contributed by atoms with van der Waals surface area (Å²) in [5.74, 6) is -0.668. The fourth-order valence-electron chi connectivity index (χ4n) is 3.79. The number of methoxy groups -OCH3 is 1. The Morgan fingerprint density at radius 2 is 2.03 bits per heavy atom. The van der Waals surface area contributed by atoms with Gasteiger partial charge in [-0.15, -0.1) is 0 Å². The van der Waals surface area contributed by atoms with Gasteiger partial charge in [0.15, 0.2) is 0 Å². The van der Waals surface area contributed by atoms with E-state index in [0.717, 1.165) is 37.6 Å². The minimum absolute atomic E-state index is 0.149. The first-order chi connectivity index (χ1) is 14.5. The van der Waals surface area contributed by atoms with Gasteiger partial charge in [-0.2, -0.15) is 0 Å². The molecule has 1 aliphatic rings. The van der Waals surface area contributed by atoms with Gasteiger partial charge < -0.3 is 18.9 Å². The molecule has 0 amide bonds. The standard InChI is InChI=1S/C22H27FN2O4S/c1-29-22(26)19-8-7-17(21(23)15-19)5-3-13-25(30(27)28)20-6-2-4-18(14-20)16-9-11-24-12-10-16/h2,4,6-8,14-16,24H,3,5,9-13H2,1H3,(H,27,28)/p-1. The van der Waals surface area contributed by atoms with Crippen molar-refractivity contribution in [2.75, 3.05) is 31.0 Å². The number of nitrogens with one attached hydrogen (secondary N) is 1. The number of carbonyl (C=O) groups is 1. The third kappa shape index (κ3) is 5.65. The van der Waals surface area contributed by atoms with Crippen molar-refractivity contribution >= 4 is 22.9 Å². The first-order valence-electron chi connectivity index (χ1n) is 10.0. The number of hydrogen-bond acceptors (Lipinski definition) is 5. The molecule has 1 fully saturated rings. The molecule has 1 unspecified atom stereocenters. The topological polar surface area (TPSA) is 81.7 Å². The summed E-state index contributed by atoms with van der Waals surface area (Å²) in [5.41, 5.74) is 2.35. The Kier molecular flexibility index (Phi) is 7.95. The van der Waals surface area contributed by atoms with E-state index in [1.807, 2.05) is 18.2 Å². The lowest BCUT2D eigenvalue weighted by molar-refractivity contribution is 0.0600. The van der Waals surface area contributed by atoms with Crippen LogP contribution in [-0.2, 0) is 22.4 Å². The van der Waals surface area contributed by atoms with Crippen LogP contribution >= 0.6 is 0 Å². The van der Waals surface area contributed by atoms with Crippen LogP contribution in [0.2, 0.25) is 0 Å². The van der Waals surface area contributed by atoms with Crippen LogP contribution in [0.4, 0.5) is 10.1 Å². The summed E-state index contributed by atoms with van der Waals surface area (Å²) in [6.45, 7) is 2.17. The molecule has 30 heavy (non-hydrogen) atoms. The number of anilines is 1. The SMILES string of the molecule is COC(=O)c1ccc(CCCN(c2cccc(C3CCNCC3)c2)S(=O)[O-])c(F)c1. The molecule has 0 saturated carbocycles. The number of esters is 1. The molecule has 0 radical (unpaired) electrons. The summed E-state index contributed by atoms with van der Waals surface area (Å²) in [6, 6.07) is 11.9. The summed E-state index contributed by atoms with van der Waals surface area (Å²) in [7, 11) is 1.24. The highest BCUT2D eigenvalue weighted by atomic mass is 32.2. The maximum atomic E-state index is 14.3. The Morgan fingerprint density at radius 3 is 2.70 bits per heavy atom. The minimum Gasteiger partial charge on any atom is -0.755 e. The van der Waals surface area contributed by atoms with E-state index in [9.17, 15) is 17.9 Å². The molecule has 1 N–H and O–H groups in total. The van der Waals surface area contributed by atoms with E-state index in [1.165, 1.54) is 23.5 Å². The lowest BCUT2D eigenvalue weighted by Crippen LogP contribution is -2.28. The molecule has 0 aliphatic carbocycles. The molecule has 162 valence electrons. The molecule has 8 heteroatoms. The van der Waals surface area contributed by atoms with E-state index in [1.54, 1.807) is 6.07 Å². The third-order valence-electron chi connectivity index (χ3n) is 5.43. The maximum Gasteiger partial charge on any atom is 0.337 e. The molecule has 3 rings (SSSR count). The molecular weight excluding hydrogens is 407 g/mol. The molecule has 2 aromatic rings. The van der Waals surface area contributed by atoms with Crippen molar-refractivity contribution in [2.45, 2.75) is 31.6 Å². The van der Waals surface area contributed by atoms with Gasteiger partial charge in [0.05, 0.1) is 12.7 Å². The highest BCUT2D eigenvalue weighted by Crippen LogP contribution is 2.29. The lowest BCUT2D eigenvalue weighted by Gasteiger charge is -2.28. The summed E-state index contributed by atoms with van der Waals surface area (Å²) in [5, 5.41) is 3.34. The zero-order chi connectivity index (χ0) is 21.5. The number of piperidine rings is 1. The molecule has 1 aliphatic heterocycles. The Hall–Kier alpha value is -2.29. The second-order valence-electron chi connectivity index (χ2n) is 7.34. The Bertz CT molecular complexity index is 902. The number of ether oxygens (including phenoxy) is 1. The normalized spacial score (nSPS) is 15.6. The fourth-order valence-corrected chi connectivity index (χ4v) is 4.35. The molecular formula is C22H26FN2O4S-. The number of hydrogen-bond donors (Lipinski definition) is 1. The second-order valence-corrected chi connectivity index (χ2v) is 8.21. The van der Waals surface area contributed by atoms with Crippen molar-refractivity contribution < 1.29 is 22.7 Å². The lowest BCUT2D eigenvalue weighted by atomic mass is 9.90. The molecule has 0 bridgehead atoms. The zero-order valence-corrected chi connectivity index (χ0v) is 17.8. The van der Waals surface area contributed by atoms with E-state index in [4.69, 9.17) is 0 Å². The van der Waals surface area contributed by atoms with E-state index >= 15 is 0 Å². The predicted octanol–water partition coefficient (Wildman–Crippen LogP) is 3.31. The van der Waals surface area contributed by atoms with Gasteiger partial charge in [-0.1, -0.05) is 18.2 Å². The van der Waals surface area contributed by atoms with Crippen LogP contribution in [-0.4, -0.2) is 41.5 Å². The molecule has 1 saturated heterocycles. The highest BCUT2D eigenvalue weighted by Gasteiger charge is 2.17. The van der Waals surface area contributed by atoms with Gasteiger partial charge in [0.2, 0.25) is 0 Å². The van der Waals surface area contributed by atoms with Crippen LogP contribution in [0.5, 0.6) is 0 Å².